The van der Waals surface area contributed by atoms with Crippen molar-refractivity contribution >= 4 is 115 Å². The fourth-order valence-electron chi connectivity index (χ4n) is 10.2. The van der Waals surface area contributed by atoms with Gasteiger partial charge in [0.2, 0.25) is 11.3 Å². The number of thioether (sulfide) groups is 1. The molecule has 0 fully saturated rings. The molecule has 1 aromatic heterocycles. The first-order chi connectivity index (χ1) is 25.7. The molecule has 0 spiro atoms. The van der Waals surface area contributed by atoms with Crippen LogP contribution in [0.3, 0.4) is 0 Å². The van der Waals surface area contributed by atoms with E-state index in [1.807, 2.05) is 0 Å². The zero-order chi connectivity index (χ0) is 34.0. The number of hydrogen-bond acceptors (Lipinski definition) is 5. The molecule has 1 aliphatic carbocycles. The maximum atomic E-state index is 14.5. The lowest BCUT2D eigenvalue weighted by Gasteiger charge is -2.33. The number of aromatic nitrogens is 1. The summed E-state index contributed by atoms with van der Waals surface area (Å²) >= 11 is 3.58. The Morgan fingerprint density at radius 3 is 1.94 bits per heavy atom. The van der Waals surface area contributed by atoms with Crippen LogP contribution in [0.15, 0.2) is 129 Å². The van der Waals surface area contributed by atoms with E-state index in [4.69, 9.17) is 0 Å². The van der Waals surface area contributed by atoms with Gasteiger partial charge in [-0.05, 0) is 74.0 Å². The number of thiazole rings is 1. The van der Waals surface area contributed by atoms with Gasteiger partial charge in [0.05, 0.1) is 32.8 Å². The number of anilines is 1. The third kappa shape index (κ3) is 3.28. The Labute approximate surface area is 306 Å². The van der Waals surface area contributed by atoms with Gasteiger partial charge in [0, 0.05) is 34.0 Å². The van der Waals surface area contributed by atoms with Gasteiger partial charge in [0.15, 0.2) is 6.54 Å². The zero-order valence-electron chi connectivity index (χ0n) is 28.0. The minimum Gasteiger partial charge on any atom is -0.506 e. The molecule has 13 rings (SSSR count). The van der Waals surface area contributed by atoms with E-state index in [9.17, 15) is 9.90 Å². The van der Waals surface area contributed by atoms with Gasteiger partial charge in [-0.2, -0.15) is 4.57 Å². The van der Waals surface area contributed by atoms with Crippen LogP contribution in [0, 0.1) is 0 Å². The van der Waals surface area contributed by atoms with E-state index in [0.29, 0.717) is 11.1 Å². The number of rotatable bonds is 1. The maximum Gasteiger partial charge on any atom is 0.266 e. The lowest BCUT2D eigenvalue weighted by atomic mass is 9.78. The molecule has 0 radical (unpaired) electrons. The highest BCUT2D eigenvalue weighted by atomic mass is 32.2. The number of carbonyl (C=O) groups is 1. The van der Waals surface area contributed by atoms with Crippen molar-refractivity contribution in [1.82, 2.24) is 0 Å². The summed E-state index contributed by atoms with van der Waals surface area (Å²) < 4.78 is 3.71. The molecule has 1 N–H and O–H groups in total. The number of hydrogen-bond donors (Lipinski definition) is 1. The van der Waals surface area contributed by atoms with Crippen molar-refractivity contribution < 1.29 is 14.5 Å². The minimum atomic E-state index is 0.00197. The lowest BCUT2D eigenvalue weighted by Crippen LogP contribution is -2.40. The molecule has 0 bridgehead atoms. The molecule has 0 unspecified atom stereocenters. The van der Waals surface area contributed by atoms with Crippen molar-refractivity contribution in [2.75, 3.05) is 11.4 Å². The number of aliphatic hydroxyl groups excluding tert-OH is 1. The molecule has 3 aliphatic heterocycles. The second-order valence-corrected chi connectivity index (χ2v) is 16.8. The Morgan fingerprint density at radius 1 is 0.635 bits per heavy atom. The summed E-state index contributed by atoms with van der Waals surface area (Å²) in [7, 11) is 0. The van der Waals surface area contributed by atoms with Crippen molar-refractivity contribution in [3.8, 4) is 0 Å². The maximum absolute atomic E-state index is 14.5. The molecule has 0 saturated carbocycles. The van der Waals surface area contributed by atoms with Gasteiger partial charge >= 0.3 is 0 Å². The fourth-order valence-corrected chi connectivity index (χ4v) is 13.0. The number of Topliss-reactive ketones (excluding diaryl/α,β-unsaturated/α-hetero) is 1. The largest absolute Gasteiger partial charge is 0.506 e. The smallest absolute Gasteiger partial charge is 0.266 e. The number of allylic oxidation sites excluding steroid dienone is 4. The predicted octanol–water partition coefficient (Wildman–Crippen LogP) is 11.5. The van der Waals surface area contributed by atoms with E-state index >= 15 is 0 Å². The number of fused-ring (bicyclic) bond motifs is 10. The minimum absolute atomic E-state index is 0.00197. The van der Waals surface area contributed by atoms with Crippen molar-refractivity contribution in [2.45, 2.75) is 37.1 Å². The van der Waals surface area contributed by atoms with Crippen LogP contribution >= 0.6 is 23.1 Å². The first kappa shape index (κ1) is 28.2. The Morgan fingerprint density at radius 2 is 1.23 bits per heavy atom. The van der Waals surface area contributed by atoms with Gasteiger partial charge < -0.3 is 10.0 Å². The fraction of sp³-hybridized carbons (Fsp3) is 0.130. The van der Waals surface area contributed by atoms with E-state index in [2.05, 4.69) is 107 Å². The van der Waals surface area contributed by atoms with Gasteiger partial charge in [0.1, 0.15) is 10.5 Å². The molecular formula is C46H29N2O2S2+. The van der Waals surface area contributed by atoms with Crippen LogP contribution in [0.5, 0.6) is 0 Å². The van der Waals surface area contributed by atoms with Crippen LogP contribution in [0.4, 0.5) is 5.69 Å². The zero-order valence-corrected chi connectivity index (χ0v) is 29.7. The summed E-state index contributed by atoms with van der Waals surface area (Å²) in [6.45, 7) is 1.80. The third-order valence-electron chi connectivity index (χ3n) is 12.3. The van der Waals surface area contributed by atoms with E-state index in [1.165, 1.54) is 85.4 Å². The summed E-state index contributed by atoms with van der Waals surface area (Å²) in [6.07, 6.45) is 3.44. The third-order valence-corrected chi connectivity index (χ3v) is 14.8. The van der Waals surface area contributed by atoms with Gasteiger partial charge in [-0.1, -0.05) is 114 Å². The average molecular weight is 706 g/mol. The topological polar surface area (TPSA) is 44.4 Å². The van der Waals surface area contributed by atoms with Crippen molar-refractivity contribution in [3.63, 3.8) is 0 Å². The first-order valence-electron chi connectivity index (χ1n) is 18.3. The normalized spacial score (nSPS) is 19.1. The number of benzene rings is 8. The average Bonchev–Trinajstić information content (AvgIpc) is 3.78. The summed E-state index contributed by atoms with van der Waals surface area (Å²) in [4.78, 5) is 18.3. The van der Waals surface area contributed by atoms with Crippen LogP contribution in [0.2, 0.25) is 0 Å². The van der Waals surface area contributed by atoms with Crippen molar-refractivity contribution in [3.05, 3.63) is 130 Å². The van der Waals surface area contributed by atoms with Crippen LogP contribution in [-0.2, 0) is 11.3 Å². The Kier molecular flexibility index (Phi) is 5.26. The molecule has 4 nitrogen and oxygen atoms in total. The van der Waals surface area contributed by atoms with Gasteiger partial charge in [-0.25, -0.2) is 0 Å². The van der Waals surface area contributed by atoms with Crippen molar-refractivity contribution in [1.29, 1.82) is 0 Å². The summed E-state index contributed by atoms with van der Waals surface area (Å²) in [5.74, 6) is 0.191. The SMILES string of the molecule is O=C1C(C2=C3Sc4c(c5cccc6ccc7cccc4c7c65)N3CCC2)=C(O)/C1=C1/CCC[n+]2c1sc1c3cccc4ccc5cccc(c5c43)c12. The van der Waals surface area contributed by atoms with E-state index in [-0.39, 0.29) is 11.5 Å². The van der Waals surface area contributed by atoms with Crippen LogP contribution in [0.1, 0.15) is 30.7 Å². The molecule has 6 heteroatoms. The molecule has 9 aromatic rings. The number of aryl methyl sites for hydroxylation is 1. The molecule has 4 aliphatic rings. The van der Waals surface area contributed by atoms with Crippen LogP contribution in [-0.4, -0.2) is 17.4 Å². The standard InChI is InChI=1S/C46H28N2O2S2/c49-41-37(31-15-5-21-47-39-27-11-1-7-23-17-19-25-9-3-13-29(35(25)33(23)27)43(39)51-45(31)47)42(50)38(41)32-16-6-22-48-40-28-12-2-8-24-18-20-26-10-4-14-30(36(26)34(24)28)44(40)52-46(32)48/h1-4,7-14,17-20H,5-6,15-16,21-22H2/p+1. The highest BCUT2D eigenvalue weighted by molar-refractivity contribution is 8.04. The lowest BCUT2D eigenvalue weighted by molar-refractivity contribution is -0.671. The molecule has 0 atom stereocenters. The van der Waals surface area contributed by atoms with Crippen molar-refractivity contribution in [2.24, 2.45) is 0 Å². The second-order valence-electron chi connectivity index (χ2n) is 14.8. The van der Waals surface area contributed by atoms with Gasteiger partial charge in [-0.15, -0.1) is 0 Å². The molecule has 52 heavy (non-hydrogen) atoms. The van der Waals surface area contributed by atoms with E-state index in [0.717, 1.165) is 60.0 Å². The monoisotopic (exact) mass is 705 g/mol. The number of carbonyl (C=O) groups excluding carboxylic acids is 1. The highest BCUT2D eigenvalue weighted by Crippen LogP contribution is 2.59. The number of ketones is 1. The molecule has 0 amide bonds. The van der Waals surface area contributed by atoms with E-state index in [1.54, 1.807) is 23.1 Å². The van der Waals surface area contributed by atoms with Gasteiger partial charge in [-0.3, -0.25) is 4.79 Å². The van der Waals surface area contributed by atoms with E-state index < -0.39 is 0 Å². The highest BCUT2D eigenvalue weighted by Gasteiger charge is 2.45. The summed E-state index contributed by atoms with van der Waals surface area (Å²) in [6, 6.07) is 35.5. The second kappa shape index (κ2) is 9.71. The first-order valence-corrected chi connectivity index (χ1v) is 19.9. The molecule has 4 heterocycles. The summed E-state index contributed by atoms with van der Waals surface area (Å²) in [5.41, 5.74) is 5.58. The molecule has 8 aromatic carbocycles. The Hall–Kier alpha value is -5.43. The summed E-state index contributed by atoms with van der Waals surface area (Å²) in [5, 5.41) is 29.6. The van der Waals surface area contributed by atoms with Gasteiger partial charge in [0.25, 0.3) is 5.01 Å². The molecule has 246 valence electrons. The Bertz CT molecular complexity index is 3250. The van der Waals surface area contributed by atoms with Crippen LogP contribution in [0.25, 0.3) is 80.4 Å². The number of aliphatic hydroxyl groups is 1. The predicted molar refractivity (Wildman–Crippen MR) is 216 cm³/mol. The quantitative estimate of drug-likeness (QED) is 0.105. The number of nitrogens with zero attached hydrogens (tertiary/aromatic N) is 2. The molecule has 0 saturated heterocycles. The van der Waals surface area contributed by atoms with Crippen LogP contribution < -0.4 is 9.47 Å². The molecular weight excluding hydrogens is 677 g/mol. The Balaban J connectivity index is 1.02.